The Kier molecular flexibility index (Phi) is 7.29. The second-order valence-electron chi connectivity index (χ2n) is 6.96. The molecule has 0 aliphatic carbocycles. The van der Waals surface area contributed by atoms with Crippen molar-refractivity contribution in [1.82, 2.24) is 16.3 Å². The van der Waals surface area contributed by atoms with Crippen molar-refractivity contribution in [2.75, 3.05) is 13.2 Å². The van der Waals surface area contributed by atoms with Crippen molar-refractivity contribution in [3.05, 3.63) is 53.6 Å². The fourth-order valence-corrected chi connectivity index (χ4v) is 3.21. The normalized spacial score (nSPS) is 20.2. The van der Waals surface area contributed by atoms with Crippen molar-refractivity contribution in [2.24, 2.45) is 5.84 Å². The van der Waals surface area contributed by atoms with Gasteiger partial charge in [-0.15, -0.1) is 0 Å². The van der Waals surface area contributed by atoms with Gasteiger partial charge < -0.3 is 19.3 Å². The maximum atomic E-state index is 11.8. The number of ether oxygens (including phenoxy) is 3. The Morgan fingerprint density at radius 1 is 1.13 bits per heavy atom. The van der Waals surface area contributed by atoms with Crippen LogP contribution in [0.15, 0.2) is 42.5 Å². The van der Waals surface area contributed by atoms with Gasteiger partial charge in [0.1, 0.15) is 23.4 Å². The van der Waals surface area contributed by atoms with Crippen molar-refractivity contribution >= 4 is 11.9 Å². The molecule has 1 heterocycles. The van der Waals surface area contributed by atoms with Gasteiger partial charge in [0.25, 0.3) is 5.91 Å². The van der Waals surface area contributed by atoms with Crippen LogP contribution in [0.3, 0.4) is 0 Å². The molecule has 0 spiro atoms. The highest BCUT2D eigenvalue weighted by atomic mass is 16.5. The van der Waals surface area contributed by atoms with Crippen molar-refractivity contribution in [3.63, 3.8) is 0 Å². The van der Waals surface area contributed by atoms with Gasteiger partial charge in [0.15, 0.2) is 6.61 Å². The molecule has 6 N–H and O–H groups in total. The van der Waals surface area contributed by atoms with E-state index in [1.165, 1.54) is 6.07 Å². The van der Waals surface area contributed by atoms with Crippen LogP contribution in [-0.2, 0) is 9.53 Å². The minimum atomic E-state index is -0.485. The Bertz CT molecular complexity index is 921. The Morgan fingerprint density at radius 3 is 2.48 bits per heavy atom. The van der Waals surface area contributed by atoms with Crippen LogP contribution in [0.2, 0.25) is 0 Å². The zero-order valence-corrected chi connectivity index (χ0v) is 17.3. The van der Waals surface area contributed by atoms with Gasteiger partial charge >= 0.3 is 5.97 Å². The van der Waals surface area contributed by atoms with E-state index < -0.39 is 5.91 Å². The molecule has 3 rings (SSSR count). The lowest BCUT2D eigenvalue weighted by Gasteiger charge is -2.24. The molecule has 1 saturated heterocycles. The molecule has 1 fully saturated rings. The molecule has 31 heavy (non-hydrogen) atoms. The maximum Gasteiger partial charge on any atom is 0.338 e. The topological polar surface area (TPSA) is 144 Å². The molecular formula is C21H26N4O6. The zero-order valence-electron chi connectivity index (χ0n) is 17.3. The number of esters is 1. The van der Waals surface area contributed by atoms with Gasteiger partial charge in [-0.3, -0.25) is 15.6 Å². The fraction of sp³-hybridized carbons (Fsp3) is 0.333. The van der Waals surface area contributed by atoms with Crippen LogP contribution in [0.1, 0.15) is 35.8 Å². The predicted molar refractivity (Wildman–Crippen MR) is 111 cm³/mol. The Balaban J connectivity index is 1.72. The van der Waals surface area contributed by atoms with Gasteiger partial charge in [0.2, 0.25) is 0 Å². The second kappa shape index (κ2) is 10.1. The second-order valence-corrected chi connectivity index (χ2v) is 6.96. The molecule has 1 amide bonds. The number of hydrazine groups is 2. The Labute approximate surface area is 179 Å². The van der Waals surface area contributed by atoms with Gasteiger partial charge in [-0.05, 0) is 50.2 Å². The highest BCUT2D eigenvalue weighted by Gasteiger charge is 2.37. The van der Waals surface area contributed by atoms with Crippen molar-refractivity contribution in [2.45, 2.75) is 32.0 Å². The molecule has 166 valence electrons. The van der Waals surface area contributed by atoms with Gasteiger partial charge in [-0.2, -0.15) is 0 Å². The van der Waals surface area contributed by atoms with Crippen LogP contribution in [0.25, 0.3) is 0 Å². The number of hydrogen-bond donors (Lipinski definition) is 5. The van der Waals surface area contributed by atoms with Crippen LogP contribution >= 0.6 is 0 Å². The van der Waals surface area contributed by atoms with E-state index in [4.69, 9.17) is 20.1 Å². The summed E-state index contributed by atoms with van der Waals surface area (Å²) in [5, 5.41) is 10.5. The number of aromatic hydroxyl groups is 1. The third-order valence-corrected chi connectivity index (χ3v) is 4.79. The molecule has 10 nitrogen and oxygen atoms in total. The predicted octanol–water partition coefficient (Wildman–Crippen LogP) is 0.923. The molecule has 0 saturated carbocycles. The number of carbonyl (C=O) groups excluding carboxylic acids is 2. The fourth-order valence-electron chi connectivity index (χ4n) is 3.21. The molecule has 1 aliphatic heterocycles. The van der Waals surface area contributed by atoms with Gasteiger partial charge in [0, 0.05) is 11.6 Å². The lowest BCUT2D eigenvalue weighted by atomic mass is 9.98. The molecule has 3 unspecified atom stereocenters. The van der Waals surface area contributed by atoms with Crippen LogP contribution in [-0.4, -0.2) is 42.3 Å². The summed E-state index contributed by atoms with van der Waals surface area (Å²) in [5.74, 6) is 5.04. The average molecular weight is 430 g/mol. The SMILES string of the molecule is CCOC(=O)c1ccc(OC2C(C)NNC2c2ccc(OCC(=O)NN)cc2O)cc1. The summed E-state index contributed by atoms with van der Waals surface area (Å²) in [6.45, 7) is 3.75. The summed E-state index contributed by atoms with van der Waals surface area (Å²) in [5.41, 5.74) is 9.25. The van der Waals surface area contributed by atoms with Crippen LogP contribution in [0, 0.1) is 0 Å². The number of rotatable bonds is 8. The molecule has 1 aliphatic rings. The van der Waals surface area contributed by atoms with E-state index in [9.17, 15) is 14.7 Å². The van der Waals surface area contributed by atoms with Crippen molar-refractivity contribution in [1.29, 1.82) is 0 Å². The van der Waals surface area contributed by atoms with Crippen LogP contribution in [0.5, 0.6) is 17.2 Å². The first-order valence-corrected chi connectivity index (χ1v) is 9.83. The molecule has 0 radical (unpaired) electrons. The number of amides is 1. The van der Waals surface area contributed by atoms with Crippen molar-refractivity contribution in [3.8, 4) is 17.2 Å². The van der Waals surface area contributed by atoms with E-state index in [2.05, 4.69) is 10.9 Å². The summed E-state index contributed by atoms with van der Waals surface area (Å²) < 4.78 is 16.4. The van der Waals surface area contributed by atoms with Gasteiger partial charge in [-0.25, -0.2) is 16.1 Å². The van der Waals surface area contributed by atoms with E-state index >= 15 is 0 Å². The third-order valence-electron chi connectivity index (χ3n) is 4.79. The first-order chi connectivity index (χ1) is 14.9. The van der Waals surface area contributed by atoms with Gasteiger partial charge in [0.05, 0.1) is 24.3 Å². The molecule has 2 aromatic rings. The Hall–Kier alpha value is -3.34. The monoisotopic (exact) mass is 430 g/mol. The zero-order chi connectivity index (χ0) is 22.4. The first-order valence-electron chi connectivity index (χ1n) is 9.83. The van der Waals surface area contributed by atoms with E-state index in [0.717, 1.165) is 0 Å². The maximum absolute atomic E-state index is 11.8. The largest absolute Gasteiger partial charge is 0.507 e. The number of nitrogens with two attached hydrogens (primary N) is 1. The molecule has 2 aromatic carbocycles. The lowest BCUT2D eigenvalue weighted by molar-refractivity contribution is -0.123. The smallest absolute Gasteiger partial charge is 0.338 e. The van der Waals surface area contributed by atoms with Crippen LogP contribution in [0.4, 0.5) is 0 Å². The van der Waals surface area contributed by atoms with Crippen LogP contribution < -0.4 is 31.6 Å². The number of hydrogen-bond acceptors (Lipinski definition) is 9. The molecule has 0 bridgehead atoms. The summed E-state index contributed by atoms with van der Waals surface area (Å²) >= 11 is 0. The van der Waals surface area contributed by atoms with Crippen molar-refractivity contribution < 1.29 is 28.9 Å². The summed E-state index contributed by atoms with van der Waals surface area (Å²) in [6.07, 6.45) is -0.353. The quantitative estimate of drug-likeness (QED) is 0.179. The number of phenolic OH excluding ortho intramolecular Hbond substituents is 1. The summed E-state index contributed by atoms with van der Waals surface area (Å²) in [4.78, 5) is 23.0. The number of carbonyl (C=O) groups is 2. The molecule has 10 heteroatoms. The molecule has 3 atom stereocenters. The average Bonchev–Trinajstić information content (AvgIpc) is 3.12. The molecular weight excluding hydrogens is 404 g/mol. The standard InChI is InChI=1S/C21H26N4O6/c1-3-29-21(28)13-4-6-14(7-5-13)31-20-12(2)24-25-19(20)16-9-8-15(10-17(16)26)30-11-18(27)23-22/h4-10,12,19-20,24-26H,3,11,22H2,1-2H3,(H,23,27). The summed E-state index contributed by atoms with van der Waals surface area (Å²) in [6, 6.07) is 11.0. The van der Waals surface area contributed by atoms with Gasteiger partial charge in [-0.1, -0.05) is 0 Å². The van der Waals surface area contributed by atoms with E-state index in [-0.39, 0.29) is 36.5 Å². The highest BCUT2D eigenvalue weighted by Crippen LogP contribution is 2.34. The first kappa shape index (κ1) is 22.3. The highest BCUT2D eigenvalue weighted by molar-refractivity contribution is 5.89. The number of nitrogens with one attached hydrogen (secondary N) is 3. The lowest BCUT2D eigenvalue weighted by Crippen LogP contribution is -2.34. The third kappa shape index (κ3) is 5.43. The minimum Gasteiger partial charge on any atom is -0.507 e. The number of phenols is 1. The molecule has 0 aromatic heterocycles. The van der Waals surface area contributed by atoms with E-state index in [0.29, 0.717) is 29.2 Å². The van der Waals surface area contributed by atoms with E-state index in [1.807, 2.05) is 12.3 Å². The number of benzene rings is 2. The minimum absolute atomic E-state index is 0.00897. The Morgan fingerprint density at radius 2 is 1.84 bits per heavy atom. The van der Waals surface area contributed by atoms with E-state index in [1.54, 1.807) is 43.3 Å². The summed E-state index contributed by atoms with van der Waals surface area (Å²) in [7, 11) is 0.